The fourth-order valence-electron chi connectivity index (χ4n) is 4.10. The van der Waals surface area contributed by atoms with Crippen LogP contribution in [0.2, 0.25) is 10.0 Å². The van der Waals surface area contributed by atoms with Crippen LogP contribution in [0, 0.1) is 0 Å². The summed E-state index contributed by atoms with van der Waals surface area (Å²) in [5, 5.41) is 1.32. The van der Waals surface area contributed by atoms with E-state index in [2.05, 4.69) is 65.2 Å². The number of nitrogens with zero attached hydrogens (tertiary/aromatic N) is 2. The molecular weight excluding hydrogens is 423 g/mol. The predicted molar refractivity (Wildman–Crippen MR) is 129 cm³/mol. The third-order valence-electron chi connectivity index (χ3n) is 5.59. The molecule has 5 rings (SSSR count). The van der Waals surface area contributed by atoms with Gasteiger partial charge in [-0.2, -0.15) is 0 Å². The van der Waals surface area contributed by atoms with Crippen LogP contribution in [0.15, 0.2) is 103 Å². The zero-order valence-corrected chi connectivity index (χ0v) is 18.3. The van der Waals surface area contributed by atoms with Crippen molar-refractivity contribution in [1.29, 1.82) is 0 Å². The minimum atomic E-state index is -0.0175. The Kier molecular flexibility index (Phi) is 5.50. The van der Waals surface area contributed by atoms with Gasteiger partial charge in [-0.05, 0) is 35.4 Å². The van der Waals surface area contributed by atoms with Gasteiger partial charge in [0.1, 0.15) is 5.82 Å². The average molecular weight is 443 g/mol. The van der Waals surface area contributed by atoms with E-state index in [1.54, 1.807) is 0 Å². The Labute approximate surface area is 191 Å². The zero-order chi connectivity index (χ0) is 21.2. The molecule has 2 nitrogen and oxygen atoms in total. The second kappa shape index (κ2) is 8.58. The molecule has 0 radical (unpaired) electrons. The van der Waals surface area contributed by atoms with Gasteiger partial charge in [-0.3, -0.25) is 0 Å². The van der Waals surface area contributed by atoms with Crippen LogP contribution in [0.3, 0.4) is 0 Å². The molecule has 1 heterocycles. The Balaban J connectivity index is 1.76. The van der Waals surface area contributed by atoms with Crippen molar-refractivity contribution in [2.75, 3.05) is 0 Å². The highest BCUT2D eigenvalue weighted by molar-refractivity contribution is 6.36. The second-order valence-electron chi connectivity index (χ2n) is 7.50. The van der Waals surface area contributed by atoms with Gasteiger partial charge in [0.25, 0.3) is 0 Å². The molecule has 4 aromatic carbocycles. The van der Waals surface area contributed by atoms with Crippen molar-refractivity contribution in [3.8, 4) is 0 Å². The Morgan fingerprint density at radius 1 is 0.645 bits per heavy atom. The highest BCUT2D eigenvalue weighted by atomic mass is 35.5. The summed E-state index contributed by atoms with van der Waals surface area (Å²) in [5.74, 6) is 0.950. The van der Waals surface area contributed by atoms with Gasteiger partial charge in [0.2, 0.25) is 0 Å². The van der Waals surface area contributed by atoms with E-state index in [1.807, 2.05) is 42.5 Å². The first-order valence-corrected chi connectivity index (χ1v) is 11.0. The summed E-state index contributed by atoms with van der Waals surface area (Å²) in [7, 11) is 0. The molecule has 0 aliphatic carbocycles. The second-order valence-corrected chi connectivity index (χ2v) is 8.31. The van der Waals surface area contributed by atoms with E-state index in [4.69, 9.17) is 28.2 Å². The lowest BCUT2D eigenvalue weighted by Gasteiger charge is -2.20. The summed E-state index contributed by atoms with van der Waals surface area (Å²) >= 11 is 13.1. The molecule has 152 valence electrons. The number of hydrogen-bond acceptors (Lipinski definition) is 1. The first-order valence-electron chi connectivity index (χ1n) is 10.2. The van der Waals surface area contributed by atoms with Gasteiger partial charge in [-0.25, -0.2) is 4.98 Å². The Morgan fingerprint density at radius 3 is 1.81 bits per heavy atom. The monoisotopic (exact) mass is 442 g/mol. The lowest BCUT2D eigenvalue weighted by molar-refractivity contribution is 0.723. The van der Waals surface area contributed by atoms with Gasteiger partial charge >= 0.3 is 0 Å². The molecule has 31 heavy (non-hydrogen) atoms. The van der Waals surface area contributed by atoms with Crippen molar-refractivity contribution in [3.05, 3.63) is 136 Å². The van der Waals surface area contributed by atoms with E-state index >= 15 is 0 Å². The van der Waals surface area contributed by atoms with Gasteiger partial charge in [0, 0.05) is 15.6 Å². The number of imidazole rings is 1. The smallest absolute Gasteiger partial charge is 0.122 e. The lowest BCUT2D eigenvalue weighted by atomic mass is 9.90. The first-order chi connectivity index (χ1) is 15.2. The maximum Gasteiger partial charge on any atom is 0.122 e. The molecule has 0 unspecified atom stereocenters. The van der Waals surface area contributed by atoms with Crippen LogP contribution >= 0.6 is 23.2 Å². The molecule has 0 aliphatic rings. The molecular formula is C27H20Cl2N2. The summed E-state index contributed by atoms with van der Waals surface area (Å²) in [6, 6.07) is 34.8. The van der Waals surface area contributed by atoms with Crippen molar-refractivity contribution in [1.82, 2.24) is 9.55 Å². The van der Waals surface area contributed by atoms with Crippen molar-refractivity contribution in [2.45, 2.75) is 12.5 Å². The van der Waals surface area contributed by atoms with Gasteiger partial charge in [-0.15, -0.1) is 0 Å². The number of halogens is 2. The van der Waals surface area contributed by atoms with Crippen LogP contribution in [0.25, 0.3) is 11.0 Å². The summed E-state index contributed by atoms with van der Waals surface area (Å²) in [6.07, 6.45) is 0. The van der Waals surface area contributed by atoms with Crippen LogP contribution in [0.5, 0.6) is 0 Å². The number of rotatable bonds is 5. The summed E-state index contributed by atoms with van der Waals surface area (Å²) in [5.41, 5.74) is 5.30. The molecule has 1 aromatic heterocycles. The van der Waals surface area contributed by atoms with E-state index < -0.39 is 0 Å². The van der Waals surface area contributed by atoms with Crippen molar-refractivity contribution in [3.63, 3.8) is 0 Å². The number of para-hydroxylation sites is 2. The van der Waals surface area contributed by atoms with Crippen LogP contribution in [0.4, 0.5) is 0 Å². The molecule has 5 aromatic rings. The Morgan fingerprint density at radius 2 is 1.19 bits per heavy atom. The quantitative estimate of drug-likeness (QED) is 0.274. The molecule has 0 saturated heterocycles. The van der Waals surface area contributed by atoms with Crippen LogP contribution in [-0.2, 0) is 6.54 Å². The van der Waals surface area contributed by atoms with Crippen LogP contribution in [0.1, 0.15) is 28.4 Å². The Bertz CT molecular complexity index is 1270. The maximum atomic E-state index is 6.55. The topological polar surface area (TPSA) is 17.8 Å². The molecule has 0 aliphatic heterocycles. The number of aromatic nitrogens is 2. The number of fused-ring (bicyclic) bond motifs is 1. The number of benzene rings is 4. The first kappa shape index (κ1) is 19.9. The zero-order valence-electron chi connectivity index (χ0n) is 16.7. The molecule has 0 amide bonds. The maximum absolute atomic E-state index is 6.55. The van der Waals surface area contributed by atoms with Gasteiger partial charge in [-0.1, -0.05) is 102 Å². The molecule has 0 atom stereocenters. The average Bonchev–Trinajstić information content (AvgIpc) is 3.16. The summed E-state index contributed by atoms with van der Waals surface area (Å²) < 4.78 is 2.24. The highest BCUT2D eigenvalue weighted by Gasteiger charge is 2.24. The third-order valence-corrected chi connectivity index (χ3v) is 6.29. The number of hydrogen-bond donors (Lipinski definition) is 0. The molecule has 4 heteroatoms. The van der Waals surface area contributed by atoms with Crippen molar-refractivity contribution in [2.24, 2.45) is 0 Å². The van der Waals surface area contributed by atoms with Crippen LogP contribution < -0.4 is 0 Å². The minimum Gasteiger partial charge on any atom is -0.323 e. The Hall–Kier alpha value is -3.07. The minimum absolute atomic E-state index is 0.0175. The van der Waals surface area contributed by atoms with Gasteiger partial charge < -0.3 is 4.57 Å². The lowest BCUT2D eigenvalue weighted by Crippen LogP contribution is -2.13. The molecule has 0 bridgehead atoms. The highest BCUT2D eigenvalue weighted by Crippen LogP contribution is 2.35. The van der Waals surface area contributed by atoms with E-state index in [0.29, 0.717) is 16.6 Å². The van der Waals surface area contributed by atoms with Crippen molar-refractivity contribution >= 4 is 34.2 Å². The fraction of sp³-hybridized carbons (Fsp3) is 0.0741. The molecule has 0 fully saturated rings. The fourth-order valence-corrected chi connectivity index (χ4v) is 4.62. The van der Waals surface area contributed by atoms with E-state index in [0.717, 1.165) is 22.4 Å². The largest absolute Gasteiger partial charge is 0.323 e. The van der Waals surface area contributed by atoms with E-state index in [9.17, 15) is 0 Å². The van der Waals surface area contributed by atoms with Crippen LogP contribution in [-0.4, -0.2) is 9.55 Å². The van der Waals surface area contributed by atoms with E-state index in [1.165, 1.54) is 11.1 Å². The summed E-state index contributed by atoms with van der Waals surface area (Å²) in [4.78, 5) is 5.10. The standard InChI is InChI=1S/C27H20Cl2N2/c28-22-14-9-15-23(29)21(22)18-31-25-17-8-7-16-24(25)30-27(31)26(19-10-3-1-4-11-19)20-12-5-2-6-13-20/h1-17,26H,18H2. The predicted octanol–water partition coefficient (Wildman–Crippen LogP) is 7.57. The normalized spacial score (nSPS) is 11.3. The van der Waals surface area contributed by atoms with Crippen molar-refractivity contribution < 1.29 is 0 Å². The molecule has 0 spiro atoms. The third kappa shape index (κ3) is 3.85. The molecule has 0 N–H and O–H groups in total. The molecule has 0 saturated carbocycles. The van der Waals surface area contributed by atoms with Gasteiger partial charge in [0.05, 0.1) is 23.5 Å². The van der Waals surface area contributed by atoms with Gasteiger partial charge in [0.15, 0.2) is 0 Å². The SMILES string of the molecule is Clc1cccc(Cl)c1Cn1c(C(c2ccccc2)c2ccccc2)nc2ccccc21. The summed E-state index contributed by atoms with van der Waals surface area (Å²) in [6.45, 7) is 0.546. The van der Waals surface area contributed by atoms with E-state index in [-0.39, 0.29) is 5.92 Å².